The predicted octanol–water partition coefficient (Wildman–Crippen LogP) is 2.00. The first-order chi connectivity index (χ1) is 14.7. The predicted molar refractivity (Wildman–Crippen MR) is 99.0 cm³/mol. The van der Waals surface area contributed by atoms with Crippen LogP contribution in [0.4, 0.5) is 13.2 Å². The van der Waals surface area contributed by atoms with Gasteiger partial charge in [-0.1, -0.05) is 0 Å². The minimum Gasteiger partial charge on any atom is -0.475 e. The Morgan fingerprint density at radius 2 is 2.06 bits per heavy atom. The summed E-state index contributed by atoms with van der Waals surface area (Å²) < 4.78 is 47.9. The largest absolute Gasteiger partial charge is 0.475 e. The summed E-state index contributed by atoms with van der Waals surface area (Å²) in [5, 5.41) is 12.8. The SMILES string of the molecule is CCOc1nocc1C(=O)NCc1cn2ncc(CNC(=O)CCC(F)(F)F)cc2n1. The van der Waals surface area contributed by atoms with Gasteiger partial charge in [-0.3, -0.25) is 9.59 Å². The summed E-state index contributed by atoms with van der Waals surface area (Å²) in [5.74, 6) is -1.06. The van der Waals surface area contributed by atoms with E-state index in [-0.39, 0.29) is 24.5 Å². The van der Waals surface area contributed by atoms with Crippen LogP contribution in [0.15, 0.2) is 29.2 Å². The third-order valence-electron chi connectivity index (χ3n) is 4.04. The van der Waals surface area contributed by atoms with Crippen molar-refractivity contribution in [3.63, 3.8) is 0 Å². The molecule has 2 N–H and O–H groups in total. The van der Waals surface area contributed by atoms with Crippen molar-refractivity contribution in [2.45, 2.75) is 39.0 Å². The Morgan fingerprint density at radius 1 is 1.26 bits per heavy atom. The number of amides is 2. The van der Waals surface area contributed by atoms with Crippen molar-refractivity contribution in [2.75, 3.05) is 6.61 Å². The zero-order chi connectivity index (χ0) is 22.4. The number of hydrogen-bond donors (Lipinski definition) is 2. The number of ether oxygens (including phenoxy) is 1. The number of carbonyl (C=O) groups is 2. The van der Waals surface area contributed by atoms with Crippen molar-refractivity contribution < 1.29 is 32.0 Å². The summed E-state index contributed by atoms with van der Waals surface area (Å²) in [7, 11) is 0. The molecule has 166 valence electrons. The monoisotopic (exact) mass is 440 g/mol. The van der Waals surface area contributed by atoms with Crippen LogP contribution in [-0.2, 0) is 17.9 Å². The third kappa shape index (κ3) is 6.17. The molecule has 0 saturated heterocycles. The Balaban J connectivity index is 1.56. The molecule has 3 aromatic rings. The van der Waals surface area contributed by atoms with Crippen molar-refractivity contribution >= 4 is 17.5 Å². The normalized spacial score (nSPS) is 11.5. The third-order valence-corrected chi connectivity index (χ3v) is 4.04. The van der Waals surface area contributed by atoms with Crippen LogP contribution >= 0.6 is 0 Å². The van der Waals surface area contributed by atoms with Gasteiger partial charge in [-0.05, 0) is 23.7 Å². The molecule has 2 amide bonds. The molecule has 0 bridgehead atoms. The van der Waals surface area contributed by atoms with Crippen LogP contribution in [0, 0.1) is 0 Å². The zero-order valence-electron chi connectivity index (χ0n) is 16.4. The molecular formula is C18H19F3N6O4. The van der Waals surface area contributed by atoms with Crippen molar-refractivity contribution in [3.8, 4) is 5.88 Å². The smallest absolute Gasteiger partial charge is 0.389 e. The molecular weight excluding hydrogens is 421 g/mol. The Bertz CT molecular complexity index is 1060. The fourth-order valence-corrected chi connectivity index (χ4v) is 2.58. The Labute approximate surface area is 173 Å². The molecule has 0 aromatic carbocycles. The second-order valence-corrected chi connectivity index (χ2v) is 6.44. The minimum atomic E-state index is -4.38. The van der Waals surface area contributed by atoms with Gasteiger partial charge in [-0.25, -0.2) is 9.50 Å². The average Bonchev–Trinajstić information content (AvgIpc) is 3.34. The maximum atomic E-state index is 12.3. The van der Waals surface area contributed by atoms with E-state index in [0.29, 0.717) is 23.5 Å². The molecule has 3 aromatic heterocycles. The van der Waals surface area contributed by atoms with E-state index in [4.69, 9.17) is 9.26 Å². The van der Waals surface area contributed by atoms with Gasteiger partial charge < -0.3 is 19.9 Å². The molecule has 0 aliphatic heterocycles. The summed E-state index contributed by atoms with van der Waals surface area (Å²) in [4.78, 5) is 28.1. The van der Waals surface area contributed by atoms with Crippen molar-refractivity contribution in [1.29, 1.82) is 0 Å². The molecule has 0 aliphatic carbocycles. The molecule has 3 rings (SSSR count). The van der Waals surface area contributed by atoms with Gasteiger partial charge in [0.25, 0.3) is 11.8 Å². The van der Waals surface area contributed by atoms with E-state index >= 15 is 0 Å². The summed E-state index contributed by atoms with van der Waals surface area (Å²) in [6.07, 6.45) is -1.93. The average molecular weight is 440 g/mol. The molecule has 3 heterocycles. The lowest BCUT2D eigenvalue weighted by Crippen LogP contribution is -2.24. The van der Waals surface area contributed by atoms with Crippen LogP contribution in [0.5, 0.6) is 5.88 Å². The lowest BCUT2D eigenvalue weighted by atomic mass is 10.2. The molecule has 0 fully saturated rings. The number of alkyl halides is 3. The van der Waals surface area contributed by atoms with Gasteiger partial charge in [0.1, 0.15) is 11.8 Å². The van der Waals surface area contributed by atoms with Crippen LogP contribution < -0.4 is 15.4 Å². The van der Waals surface area contributed by atoms with Crippen LogP contribution in [-0.4, -0.2) is 44.4 Å². The number of hydrogen-bond acceptors (Lipinski definition) is 7. The number of halogens is 3. The molecule has 0 saturated carbocycles. The fraction of sp³-hybridized carbons (Fsp3) is 0.389. The number of fused-ring (bicyclic) bond motifs is 1. The number of nitrogens with zero attached hydrogens (tertiary/aromatic N) is 4. The quantitative estimate of drug-likeness (QED) is 0.522. The van der Waals surface area contributed by atoms with Crippen LogP contribution in [0.25, 0.3) is 5.65 Å². The number of rotatable bonds is 9. The van der Waals surface area contributed by atoms with Crippen LogP contribution in [0.1, 0.15) is 41.4 Å². The second-order valence-electron chi connectivity index (χ2n) is 6.44. The van der Waals surface area contributed by atoms with E-state index < -0.39 is 30.8 Å². The standard InChI is InChI=1S/C18H19F3N6O4/c1-2-30-17-13(10-31-26-17)16(29)23-8-12-9-27-14(25-12)5-11(7-24-27)6-22-15(28)3-4-18(19,20)21/h5,7,9-10H,2-4,6,8H2,1H3,(H,22,28)(H,23,29). The maximum Gasteiger partial charge on any atom is 0.389 e. The van der Waals surface area contributed by atoms with Gasteiger partial charge >= 0.3 is 6.18 Å². The highest BCUT2D eigenvalue weighted by Gasteiger charge is 2.27. The Hall–Kier alpha value is -3.64. The number of aromatic nitrogens is 4. The first-order valence-corrected chi connectivity index (χ1v) is 9.27. The van der Waals surface area contributed by atoms with Gasteiger partial charge in [0, 0.05) is 13.0 Å². The highest BCUT2D eigenvalue weighted by atomic mass is 19.4. The molecule has 0 spiro atoms. The summed E-state index contributed by atoms with van der Waals surface area (Å²) in [6, 6.07) is 1.63. The van der Waals surface area contributed by atoms with Crippen molar-refractivity contribution in [2.24, 2.45) is 0 Å². The van der Waals surface area contributed by atoms with Gasteiger partial charge in [0.2, 0.25) is 5.91 Å². The lowest BCUT2D eigenvalue weighted by Gasteiger charge is -2.07. The highest BCUT2D eigenvalue weighted by Crippen LogP contribution is 2.21. The van der Waals surface area contributed by atoms with E-state index in [0.717, 1.165) is 0 Å². The highest BCUT2D eigenvalue weighted by molar-refractivity contribution is 5.95. The zero-order valence-corrected chi connectivity index (χ0v) is 16.4. The molecule has 31 heavy (non-hydrogen) atoms. The summed E-state index contributed by atoms with van der Waals surface area (Å²) in [5.41, 5.74) is 1.69. The Morgan fingerprint density at radius 3 is 2.81 bits per heavy atom. The van der Waals surface area contributed by atoms with E-state index in [1.165, 1.54) is 17.0 Å². The number of carbonyl (C=O) groups excluding carboxylic acids is 2. The van der Waals surface area contributed by atoms with E-state index in [1.54, 1.807) is 19.2 Å². The lowest BCUT2D eigenvalue weighted by molar-refractivity contribution is -0.144. The maximum absolute atomic E-state index is 12.3. The minimum absolute atomic E-state index is 0.0206. The van der Waals surface area contributed by atoms with Crippen LogP contribution in [0.3, 0.4) is 0 Å². The van der Waals surface area contributed by atoms with Crippen LogP contribution in [0.2, 0.25) is 0 Å². The molecule has 13 heteroatoms. The van der Waals surface area contributed by atoms with Crippen molar-refractivity contribution in [3.05, 3.63) is 41.5 Å². The van der Waals surface area contributed by atoms with Gasteiger partial charge in [-0.2, -0.15) is 18.3 Å². The first-order valence-electron chi connectivity index (χ1n) is 9.27. The van der Waals surface area contributed by atoms with E-state index in [9.17, 15) is 22.8 Å². The molecule has 10 nitrogen and oxygen atoms in total. The number of imidazole rings is 1. The molecule has 0 atom stereocenters. The Kier molecular flexibility index (Phi) is 6.72. The van der Waals surface area contributed by atoms with Gasteiger partial charge in [-0.15, -0.1) is 0 Å². The number of nitrogens with one attached hydrogen (secondary N) is 2. The van der Waals surface area contributed by atoms with Crippen molar-refractivity contribution in [1.82, 2.24) is 30.4 Å². The van der Waals surface area contributed by atoms with E-state index in [2.05, 4.69) is 25.9 Å². The fourth-order valence-electron chi connectivity index (χ4n) is 2.58. The van der Waals surface area contributed by atoms with E-state index in [1.807, 2.05) is 0 Å². The first kappa shape index (κ1) is 22.1. The second kappa shape index (κ2) is 9.45. The summed E-state index contributed by atoms with van der Waals surface area (Å²) in [6.45, 7) is 2.20. The van der Waals surface area contributed by atoms with Gasteiger partial charge in [0.05, 0.1) is 37.7 Å². The summed E-state index contributed by atoms with van der Waals surface area (Å²) >= 11 is 0. The molecule has 0 radical (unpaired) electrons. The van der Waals surface area contributed by atoms with Gasteiger partial charge in [0.15, 0.2) is 5.65 Å². The molecule has 0 unspecified atom stereocenters. The topological polar surface area (TPSA) is 124 Å². The molecule has 0 aliphatic rings.